The summed E-state index contributed by atoms with van der Waals surface area (Å²) in [5.41, 5.74) is 0.580. The fourth-order valence-electron chi connectivity index (χ4n) is 2.60. The lowest BCUT2D eigenvalue weighted by molar-refractivity contribution is 0.0984. The van der Waals surface area contributed by atoms with Crippen LogP contribution >= 0.6 is 11.3 Å². The van der Waals surface area contributed by atoms with Crippen LogP contribution in [0, 0.1) is 19.8 Å². The molecule has 1 amide bonds. The van der Waals surface area contributed by atoms with E-state index in [1.54, 1.807) is 13.8 Å². The summed E-state index contributed by atoms with van der Waals surface area (Å²) in [4.78, 5) is 16.5. The molecule has 0 radical (unpaired) electrons. The van der Waals surface area contributed by atoms with E-state index in [0.29, 0.717) is 22.9 Å². The van der Waals surface area contributed by atoms with Crippen LogP contribution < -0.4 is 4.72 Å². The third-order valence-corrected chi connectivity index (χ3v) is 5.97. The molecule has 0 aromatic carbocycles. The van der Waals surface area contributed by atoms with Crippen molar-refractivity contribution in [1.82, 2.24) is 9.71 Å². The first kappa shape index (κ1) is 15.4. The molecule has 1 aliphatic carbocycles. The number of hydrogen-bond donors (Lipinski definition) is 1. The van der Waals surface area contributed by atoms with E-state index in [1.807, 2.05) is 0 Å². The third-order valence-electron chi connectivity index (χ3n) is 3.63. The van der Waals surface area contributed by atoms with Crippen LogP contribution in [0.4, 0.5) is 0 Å². The third kappa shape index (κ3) is 4.02. The minimum absolute atomic E-state index is 0.0280. The van der Waals surface area contributed by atoms with Gasteiger partial charge in [0.15, 0.2) is 0 Å². The molecule has 0 bridgehead atoms. The van der Waals surface area contributed by atoms with E-state index >= 15 is 0 Å². The van der Waals surface area contributed by atoms with E-state index in [1.165, 1.54) is 24.2 Å². The smallest absolute Gasteiger partial charge is 0.267 e. The lowest BCUT2D eigenvalue weighted by Crippen LogP contribution is -2.33. The average Bonchev–Trinajstić information content (AvgIpc) is 2.95. The molecule has 0 atom stereocenters. The van der Waals surface area contributed by atoms with Crippen LogP contribution in [0.3, 0.4) is 0 Å². The zero-order valence-electron chi connectivity index (χ0n) is 11.8. The molecule has 1 heterocycles. The van der Waals surface area contributed by atoms with Gasteiger partial charge in [-0.15, -0.1) is 11.3 Å². The number of carbonyl (C=O) groups is 1. The predicted molar refractivity (Wildman–Crippen MR) is 79.4 cm³/mol. The van der Waals surface area contributed by atoms with Crippen LogP contribution in [-0.2, 0) is 10.0 Å². The fraction of sp³-hybridized carbons (Fsp3) is 0.692. The van der Waals surface area contributed by atoms with Gasteiger partial charge in [-0.25, -0.2) is 18.1 Å². The van der Waals surface area contributed by atoms with Gasteiger partial charge in [0.1, 0.15) is 4.88 Å². The van der Waals surface area contributed by atoms with Crippen molar-refractivity contribution in [2.24, 2.45) is 5.92 Å². The Balaban J connectivity index is 1.93. The van der Waals surface area contributed by atoms with E-state index in [-0.39, 0.29) is 5.75 Å². The number of thiazole rings is 1. The zero-order valence-corrected chi connectivity index (χ0v) is 13.4. The Kier molecular flexibility index (Phi) is 4.80. The van der Waals surface area contributed by atoms with E-state index in [2.05, 4.69) is 9.71 Å². The average molecular weight is 316 g/mol. The summed E-state index contributed by atoms with van der Waals surface area (Å²) >= 11 is 1.22. The van der Waals surface area contributed by atoms with Gasteiger partial charge in [0.25, 0.3) is 5.91 Å². The Labute approximate surface area is 123 Å². The van der Waals surface area contributed by atoms with Crippen LogP contribution in [0.1, 0.15) is 52.5 Å². The summed E-state index contributed by atoms with van der Waals surface area (Å²) in [6.07, 6.45) is 5.24. The number of aromatic nitrogens is 1. The van der Waals surface area contributed by atoms with E-state index in [0.717, 1.165) is 17.8 Å². The van der Waals surface area contributed by atoms with E-state index in [9.17, 15) is 13.2 Å². The molecule has 1 fully saturated rings. The number of aryl methyl sites for hydroxylation is 2. The minimum Gasteiger partial charge on any atom is -0.267 e. The van der Waals surface area contributed by atoms with Crippen molar-refractivity contribution in [3.63, 3.8) is 0 Å². The van der Waals surface area contributed by atoms with Gasteiger partial charge in [0, 0.05) is 0 Å². The van der Waals surface area contributed by atoms with Crippen molar-refractivity contribution < 1.29 is 13.2 Å². The van der Waals surface area contributed by atoms with Gasteiger partial charge in [-0.05, 0) is 26.2 Å². The summed E-state index contributed by atoms with van der Waals surface area (Å²) in [5.74, 6) is -0.0335. The van der Waals surface area contributed by atoms with Gasteiger partial charge in [0.05, 0.1) is 16.5 Å². The molecule has 20 heavy (non-hydrogen) atoms. The number of rotatable bonds is 5. The van der Waals surface area contributed by atoms with Crippen molar-refractivity contribution in [3.05, 3.63) is 15.6 Å². The second-order valence-electron chi connectivity index (χ2n) is 5.34. The largest absolute Gasteiger partial charge is 0.276 e. The van der Waals surface area contributed by atoms with Gasteiger partial charge < -0.3 is 0 Å². The molecule has 0 spiro atoms. The summed E-state index contributed by atoms with van der Waals surface area (Å²) in [7, 11) is -3.54. The molecule has 0 unspecified atom stereocenters. The van der Waals surface area contributed by atoms with Gasteiger partial charge in [-0.3, -0.25) is 4.79 Å². The lowest BCUT2D eigenvalue weighted by atomic mass is 10.1. The molecule has 1 aliphatic rings. The molecule has 1 aromatic heterocycles. The fourth-order valence-corrected chi connectivity index (χ4v) is 4.61. The SMILES string of the molecule is Cc1nc(C)c(C(=O)NS(=O)(=O)CCC2CCCC2)s1. The van der Waals surface area contributed by atoms with Crippen molar-refractivity contribution >= 4 is 27.3 Å². The summed E-state index contributed by atoms with van der Waals surface area (Å²) < 4.78 is 26.0. The highest BCUT2D eigenvalue weighted by Crippen LogP contribution is 2.27. The molecule has 0 saturated heterocycles. The Morgan fingerprint density at radius 3 is 2.55 bits per heavy atom. The van der Waals surface area contributed by atoms with E-state index < -0.39 is 15.9 Å². The van der Waals surface area contributed by atoms with Crippen molar-refractivity contribution in [3.8, 4) is 0 Å². The molecular formula is C13H20N2O3S2. The number of nitrogens with one attached hydrogen (secondary N) is 1. The second kappa shape index (κ2) is 6.22. The number of hydrogen-bond acceptors (Lipinski definition) is 5. The highest BCUT2D eigenvalue weighted by molar-refractivity contribution is 7.90. The number of carbonyl (C=O) groups excluding carboxylic acids is 1. The topological polar surface area (TPSA) is 76.1 Å². The first-order chi connectivity index (χ1) is 9.37. The molecule has 1 N–H and O–H groups in total. The Hall–Kier alpha value is -0.950. The van der Waals surface area contributed by atoms with Gasteiger partial charge in [-0.2, -0.15) is 0 Å². The minimum atomic E-state index is -3.54. The van der Waals surface area contributed by atoms with Crippen LogP contribution in [0.5, 0.6) is 0 Å². The maximum Gasteiger partial charge on any atom is 0.276 e. The van der Waals surface area contributed by atoms with Crippen LogP contribution in [0.25, 0.3) is 0 Å². The highest BCUT2D eigenvalue weighted by Gasteiger charge is 2.22. The Morgan fingerprint density at radius 2 is 2.00 bits per heavy atom. The predicted octanol–water partition coefficient (Wildman–Crippen LogP) is 2.40. The Morgan fingerprint density at radius 1 is 1.35 bits per heavy atom. The number of nitrogens with zero attached hydrogens (tertiary/aromatic N) is 1. The summed E-state index contributed by atoms with van der Waals surface area (Å²) in [5, 5.41) is 0.760. The number of amides is 1. The second-order valence-corrected chi connectivity index (χ2v) is 8.38. The highest BCUT2D eigenvalue weighted by atomic mass is 32.2. The van der Waals surface area contributed by atoms with Gasteiger partial charge in [-0.1, -0.05) is 25.7 Å². The van der Waals surface area contributed by atoms with Crippen LogP contribution in [-0.4, -0.2) is 25.1 Å². The molecule has 0 aliphatic heterocycles. The molecule has 7 heteroatoms. The van der Waals surface area contributed by atoms with Crippen molar-refractivity contribution in [1.29, 1.82) is 0 Å². The monoisotopic (exact) mass is 316 g/mol. The molecule has 5 nitrogen and oxygen atoms in total. The molecular weight excluding hydrogens is 296 g/mol. The van der Waals surface area contributed by atoms with Crippen LogP contribution in [0.15, 0.2) is 0 Å². The van der Waals surface area contributed by atoms with Gasteiger partial charge >= 0.3 is 0 Å². The normalized spacial score (nSPS) is 16.5. The van der Waals surface area contributed by atoms with Gasteiger partial charge in [0.2, 0.25) is 10.0 Å². The van der Waals surface area contributed by atoms with Crippen LogP contribution in [0.2, 0.25) is 0 Å². The first-order valence-electron chi connectivity index (χ1n) is 6.86. The van der Waals surface area contributed by atoms with Crippen molar-refractivity contribution in [2.45, 2.75) is 46.0 Å². The molecule has 112 valence electrons. The van der Waals surface area contributed by atoms with Crippen molar-refractivity contribution in [2.75, 3.05) is 5.75 Å². The molecule has 2 rings (SSSR count). The Bertz CT molecular complexity index is 587. The standard InChI is InChI=1S/C13H20N2O3S2/c1-9-12(19-10(2)14-9)13(16)15-20(17,18)8-7-11-5-3-4-6-11/h11H,3-8H2,1-2H3,(H,15,16). The summed E-state index contributed by atoms with van der Waals surface area (Å²) in [6, 6.07) is 0. The molecule has 1 saturated carbocycles. The quantitative estimate of drug-likeness (QED) is 0.905. The maximum atomic E-state index is 12.0. The molecule has 1 aromatic rings. The summed E-state index contributed by atoms with van der Waals surface area (Å²) in [6.45, 7) is 3.51. The first-order valence-corrected chi connectivity index (χ1v) is 9.33. The lowest BCUT2D eigenvalue weighted by Gasteiger charge is -2.10. The zero-order chi connectivity index (χ0) is 14.8. The van der Waals surface area contributed by atoms with E-state index in [4.69, 9.17) is 0 Å². The number of sulfonamides is 1. The maximum absolute atomic E-state index is 12.0.